The van der Waals surface area contributed by atoms with Crippen molar-refractivity contribution in [2.24, 2.45) is 5.16 Å². The van der Waals surface area contributed by atoms with Crippen LogP contribution >= 0.6 is 0 Å². The number of ether oxygens (including phenoxy) is 1. The number of aryl methyl sites for hydroxylation is 2. The number of nitrogens with zero attached hydrogens (tertiary/aromatic N) is 1. The normalized spacial score (nSPS) is 11.2. The van der Waals surface area contributed by atoms with E-state index in [0.29, 0.717) is 5.56 Å². The molecule has 5 heteroatoms. The maximum Gasteiger partial charge on any atom is 0.273 e. The van der Waals surface area contributed by atoms with Crippen LogP contribution in [-0.4, -0.2) is 23.9 Å². The van der Waals surface area contributed by atoms with Gasteiger partial charge in [-0.05, 0) is 36.6 Å². The van der Waals surface area contributed by atoms with E-state index in [-0.39, 0.29) is 12.3 Å². The van der Waals surface area contributed by atoms with E-state index in [4.69, 9.17) is 9.94 Å². The van der Waals surface area contributed by atoms with Crippen molar-refractivity contribution in [2.75, 3.05) is 7.05 Å². The second kappa shape index (κ2) is 7.45. The molecule has 0 radical (unpaired) electrons. The zero-order valence-corrected chi connectivity index (χ0v) is 13.5. The van der Waals surface area contributed by atoms with E-state index in [1.165, 1.54) is 7.05 Å². The van der Waals surface area contributed by atoms with Gasteiger partial charge in [-0.1, -0.05) is 41.6 Å². The van der Waals surface area contributed by atoms with Gasteiger partial charge in [0, 0.05) is 12.6 Å². The molecule has 2 rings (SSSR count). The predicted octanol–water partition coefficient (Wildman–Crippen LogP) is 2.81. The first-order valence-electron chi connectivity index (χ1n) is 7.29. The summed E-state index contributed by atoms with van der Waals surface area (Å²) >= 11 is 0. The van der Waals surface area contributed by atoms with Gasteiger partial charge in [0.2, 0.25) is 0 Å². The highest BCUT2D eigenvalue weighted by atomic mass is 16.5. The summed E-state index contributed by atoms with van der Waals surface area (Å²) in [4.78, 5) is 11.8. The Morgan fingerprint density at radius 3 is 2.65 bits per heavy atom. The number of amides is 1. The van der Waals surface area contributed by atoms with Crippen LogP contribution in [0.1, 0.15) is 22.3 Å². The summed E-state index contributed by atoms with van der Waals surface area (Å²) in [5.41, 5.74) is 3.43. The van der Waals surface area contributed by atoms with Crippen LogP contribution in [0.5, 0.6) is 5.75 Å². The lowest BCUT2D eigenvalue weighted by Crippen LogP contribution is -2.29. The molecule has 0 aromatic heterocycles. The van der Waals surface area contributed by atoms with E-state index in [9.17, 15) is 4.79 Å². The summed E-state index contributed by atoms with van der Waals surface area (Å²) in [5.74, 6) is 0.342. The monoisotopic (exact) mass is 312 g/mol. The smallest absolute Gasteiger partial charge is 0.273 e. The summed E-state index contributed by atoms with van der Waals surface area (Å²) in [6, 6.07) is 13.2. The molecule has 0 aliphatic carbocycles. The number of hydrogen-bond acceptors (Lipinski definition) is 4. The molecule has 0 saturated carbocycles. The number of nitrogens with one attached hydrogen (secondary N) is 1. The van der Waals surface area contributed by atoms with E-state index >= 15 is 0 Å². The molecular formula is C18H20N2O3. The molecule has 0 aliphatic rings. The maximum atomic E-state index is 11.8. The summed E-state index contributed by atoms with van der Waals surface area (Å²) < 4.78 is 5.88. The van der Waals surface area contributed by atoms with Crippen molar-refractivity contribution in [1.82, 2.24) is 5.32 Å². The quantitative estimate of drug-likeness (QED) is 0.506. The minimum Gasteiger partial charge on any atom is -0.489 e. The largest absolute Gasteiger partial charge is 0.489 e. The Morgan fingerprint density at radius 1 is 1.22 bits per heavy atom. The van der Waals surface area contributed by atoms with Gasteiger partial charge < -0.3 is 15.3 Å². The Bertz CT molecular complexity index is 739. The molecule has 2 aromatic carbocycles. The highest BCUT2D eigenvalue weighted by Gasteiger charge is 2.17. The Morgan fingerprint density at radius 2 is 1.96 bits per heavy atom. The lowest BCUT2D eigenvalue weighted by Gasteiger charge is -2.13. The van der Waals surface area contributed by atoms with Gasteiger partial charge >= 0.3 is 0 Å². The first-order valence-corrected chi connectivity index (χ1v) is 7.29. The van der Waals surface area contributed by atoms with Crippen molar-refractivity contribution < 1.29 is 14.7 Å². The third-order valence-electron chi connectivity index (χ3n) is 3.54. The van der Waals surface area contributed by atoms with Crippen LogP contribution in [0.2, 0.25) is 0 Å². The van der Waals surface area contributed by atoms with E-state index in [1.54, 1.807) is 12.1 Å². The van der Waals surface area contributed by atoms with Gasteiger partial charge in [0.1, 0.15) is 12.4 Å². The standard InChI is InChI=1S/C18H20N2O3/c1-12-8-9-13(2)16(10-12)23-11-14-6-4-5-7-15(14)17(20-22)18(21)19-3/h4-10,22H,11H2,1-3H3,(H,19,21)/b20-17+. The van der Waals surface area contributed by atoms with Crippen molar-refractivity contribution in [1.29, 1.82) is 0 Å². The van der Waals surface area contributed by atoms with Crippen LogP contribution in [0.3, 0.4) is 0 Å². The molecule has 0 saturated heterocycles. The molecule has 0 unspecified atom stereocenters. The molecule has 23 heavy (non-hydrogen) atoms. The minimum absolute atomic E-state index is 0.0346. The highest BCUT2D eigenvalue weighted by Crippen LogP contribution is 2.21. The van der Waals surface area contributed by atoms with Crippen LogP contribution in [0, 0.1) is 13.8 Å². The number of likely N-dealkylation sites (N-methyl/N-ethyl adjacent to an activating group) is 1. The fraction of sp³-hybridized carbons (Fsp3) is 0.222. The van der Waals surface area contributed by atoms with Crippen LogP contribution in [0.15, 0.2) is 47.6 Å². The lowest BCUT2D eigenvalue weighted by molar-refractivity contribution is -0.114. The SMILES string of the molecule is CNC(=O)/C(=N/O)c1ccccc1COc1cc(C)ccc1C. The Hall–Kier alpha value is -2.82. The summed E-state index contributed by atoms with van der Waals surface area (Å²) in [7, 11) is 1.49. The predicted molar refractivity (Wildman–Crippen MR) is 89.1 cm³/mol. The lowest BCUT2D eigenvalue weighted by atomic mass is 10.0. The number of rotatable bonds is 5. The summed E-state index contributed by atoms with van der Waals surface area (Å²) in [6.45, 7) is 4.25. The molecule has 0 atom stereocenters. The van der Waals surface area contributed by atoms with Gasteiger partial charge in [-0.15, -0.1) is 0 Å². The Labute approximate surface area is 135 Å². The molecule has 2 aromatic rings. The Kier molecular flexibility index (Phi) is 5.36. The average molecular weight is 312 g/mol. The fourth-order valence-electron chi connectivity index (χ4n) is 2.24. The zero-order chi connectivity index (χ0) is 16.8. The number of carbonyl (C=O) groups is 1. The molecule has 0 spiro atoms. The zero-order valence-electron chi connectivity index (χ0n) is 13.5. The van der Waals surface area contributed by atoms with E-state index < -0.39 is 5.91 Å². The van der Waals surface area contributed by atoms with Crippen LogP contribution in [0.4, 0.5) is 0 Å². The second-order valence-corrected chi connectivity index (χ2v) is 5.24. The van der Waals surface area contributed by atoms with Crippen LogP contribution in [-0.2, 0) is 11.4 Å². The third kappa shape index (κ3) is 3.88. The minimum atomic E-state index is -0.452. The van der Waals surface area contributed by atoms with Gasteiger partial charge in [0.05, 0.1) is 0 Å². The van der Waals surface area contributed by atoms with Crippen LogP contribution < -0.4 is 10.1 Å². The molecule has 0 heterocycles. The summed E-state index contributed by atoms with van der Waals surface area (Å²) in [6.07, 6.45) is 0. The van der Waals surface area contributed by atoms with Crippen LogP contribution in [0.25, 0.3) is 0 Å². The molecule has 2 N–H and O–H groups in total. The average Bonchev–Trinajstić information content (AvgIpc) is 2.57. The number of oxime groups is 1. The van der Waals surface area contributed by atoms with Crippen molar-refractivity contribution in [3.8, 4) is 5.75 Å². The van der Waals surface area contributed by atoms with Gasteiger partial charge in [0.25, 0.3) is 5.91 Å². The number of hydrogen-bond donors (Lipinski definition) is 2. The number of benzene rings is 2. The van der Waals surface area contributed by atoms with E-state index in [1.807, 2.05) is 44.2 Å². The molecule has 0 aliphatic heterocycles. The first-order chi connectivity index (χ1) is 11.1. The molecule has 0 bridgehead atoms. The molecule has 1 amide bonds. The molecule has 0 fully saturated rings. The third-order valence-corrected chi connectivity index (χ3v) is 3.54. The fourth-order valence-corrected chi connectivity index (χ4v) is 2.24. The molecule has 120 valence electrons. The van der Waals surface area contributed by atoms with Gasteiger partial charge in [0.15, 0.2) is 5.71 Å². The first kappa shape index (κ1) is 16.5. The van der Waals surface area contributed by atoms with E-state index in [0.717, 1.165) is 22.4 Å². The van der Waals surface area contributed by atoms with Gasteiger partial charge in [-0.25, -0.2) is 0 Å². The maximum absolute atomic E-state index is 11.8. The number of carbonyl (C=O) groups excluding carboxylic acids is 1. The van der Waals surface area contributed by atoms with Gasteiger partial charge in [-0.3, -0.25) is 4.79 Å². The second-order valence-electron chi connectivity index (χ2n) is 5.24. The van der Waals surface area contributed by atoms with E-state index in [2.05, 4.69) is 10.5 Å². The van der Waals surface area contributed by atoms with Crippen molar-refractivity contribution in [3.63, 3.8) is 0 Å². The molecule has 5 nitrogen and oxygen atoms in total. The summed E-state index contributed by atoms with van der Waals surface area (Å²) in [5, 5.41) is 14.7. The van der Waals surface area contributed by atoms with Crippen molar-refractivity contribution >= 4 is 11.6 Å². The highest BCUT2D eigenvalue weighted by molar-refractivity contribution is 6.45. The molecular weight excluding hydrogens is 292 g/mol. The van der Waals surface area contributed by atoms with Crippen molar-refractivity contribution in [3.05, 3.63) is 64.7 Å². The van der Waals surface area contributed by atoms with Crippen molar-refractivity contribution in [2.45, 2.75) is 20.5 Å². The topological polar surface area (TPSA) is 70.9 Å². The van der Waals surface area contributed by atoms with Gasteiger partial charge in [-0.2, -0.15) is 0 Å². The Balaban J connectivity index is 2.27.